The van der Waals surface area contributed by atoms with E-state index in [-0.39, 0.29) is 24.6 Å². The fourth-order valence-electron chi connectivity index (χ4n) is 3.60. The smallest absolute Gasteiger partial charge is 0.325 e. The van der Waals surface area contributed by atoms with Gasteiger partial charge in [0.1, 0.15) is 6.54 Å². The number of benzene rings is 1. The molecule has 0 bridgehead atoms. The third kappa shape index (κ3) is 4.32. The molecule has 1 N–H and O–H groups in total. The average Bonchev–Trinajstić information content (AvgIpc) is 2.82. The van der Waals surface area contributed by atoms with Crippen molar-refractivity contribution < 1.29 is 22.8 Å². The zero-order valence-corrected chi connectivity index (χ0v) is 17.3. The fraction of sp³-hybridized carbons (Fsp3) is 0.217. The van der Waals surface area contributed by atoms with Crippen LogP contribution in [-0.4, -0.2) is 28.3 Å². The number of fused-ring (bicyclic) bond motifs is 3. The van der Waals surface area contributed by atoms with Crippen molar-refractivity contribution in [2.75, 3.05) is 16.8 Å². The maximum absolute atomic E-state index is 13.1. The molecule has 164 valence electrons. The number of aromatic nitrogens is 2. The van der Waals surface area contributed by atoms with Crippen molar-refractivity contribution in [2.24, 2.45) is 0 Å². The highest BCUT2D eigenvalue weighted by Crippen LogP contribution is 2.36. The Hall–Kier alpha value is -3.75. The summed E-state index contributed by atoms with van der Waals surface area (Å²) in [5.41, 5.74) is 3.44. The van der Waals surface area contributed by atoms with Crippen LogP contribution in [0.2, 0.25) is 0 Å². The van der Waals surface area contributed by atoms with Gasteiger partial charge in [0, 0.05) is 34.4 Å². The summed E-state index contributed by atoms with van der Waals surface area (Å²) in [7, 11) is 0. The first-order chi connectivity index (χ1) is 15.1. The van der Waals surface area contributed by atoms with E-state index in [0.717, 1.165) is 23.4 Å². The van der Waals surface area contributed by atoms with Crippen LogP contribution in [0.25, 0.3) is 11.1 Å². The molecule has 0 saturated heterocycles. The van der Waals surface area contributed by atoms with E-state index >= 15 is 0 Å². The number of carbonyl (C=O) groups is 2. The fourth-order valence-corrected chi connectivity index (χ4v) is 3.60. The second-order valence-corrected chi connectivity index (χ2v) is 7.57. The summed E-state index contributed by atoms with van der Waals surface area (Å²) < 4.78 is 38.2. The van der Waals surface area contributed by atoms with Gasteiger partial charge in [-0.05, 0) is 50.2 Å². The summed E-state index contributed by atoms with van der Waals surface area (Å²) in [6.45, 7) is 3.31. The molecule has 1 aromatic carbocycles. The minimum atomic E-state index is -4.46. The Labute approximate surface area is 182 Å². The Bertz CT molecular complexity index is 1210. The SMILES string of the molecule is Cc1cc2c(cn1)-c1ccc(C)nc1CC(=O)N2CC(=O)Nc1ccc(C(F)(F)F)cc1. The standard InChI is InChI=1S/C23H19F3N4O2/c1-13-3-8-17-18-11-27-14(2)9-20(18)30(22(32)10-19(17)28-13)12-21(31)29-16-6-4-15(5-7-16)23(24,25)26/h3-9,11H,10,12H2,1-2H3,(H,29,31). The molecule has 0 aliphatic carbocycles. The van der Waals surface area contributed by atoms with E-state index in [9.17, 15) is 22.8 Å². The first kappa shape index (κ1) is 21.5. The number of nitrogens with one attached hydrogen (secondary N) is 1. The number of hydrogen-bond donors (Lipinski definition) is 1. The van der Waals surface area contributed by atoms with E-state index in [0.29, 0.717) is 22.6 Å². The number of anilines is 2. The van der Waals surface area contributed by atoms with Gasteiger partial charge in [-0.25, -0.2) is 0 Å². The normalized spacial score (nSPS) is 13.3. The predicted molar refractivity (Wildman–Crippen MR) is 113 cm³/mol. The summed E-state index contributed by atoms with van der Waals surface area (Å²) in [5.74, 6) is -0.843. The number of alkyl halides is 3. The second kappa shape index (κ2) is 8.07. The first-order valence-corrected chi connectivity index (χ1v) is 9.83. The molecular weight excluding hydrogens is 421 g/mol. The maximum atomic E-state index is 13.1. The molecule has 9 heteroatoms. The Kier molecular flexibility index (Phi) is 5.41. The topological polar surface area (TPSA) is 75.2 Å². The molecule has 0 saturated carbocycles. The second-order valence-electron chi connectivity index (χ2n) is 7.57. The first-order valence-electron chi connectivity index (χ1n) is 9.83. The van der Waals surface area contributed by atoms with Crippen LogP contribution in [0.4, 0.5) is 24.5 Å². The van der Waals surface area contributed by atoms with E-state index in [1.54, 1.807) is 19.2 Å². The predicted octanol–water partition coefficient (Wildman–Crippen LogP) is 4.31. The number of hydrogen-bond acceptors (Lipinski definition) is 4. The van der Waals surface area contributed by atoms with E-state index < -0.39 is 17.6 Å². The average molecular weight is 440 g/mol. The third-order valence-electron chi connectivity index (χ3n) is 5.13. The van der Waals surface area contributed by atoms with Gasteiger partial charge in [-0.2, -0.15) is 13.2 Å². The van der Waals surface area contributed by atoms with E-state index in [2.05, 4.69) is 15.3 Å². The van der Waals surface area contributed by atoms with Gasteiger partial charge in [-0.15, -0.1) is 0 Å². The minimum Gasteiger partial charge on any atom is -0.325 e. The van der Waals surface area contributed by atoms with Crippen molar-refractivity contribution in [1.29, 1.82) is 0 Å². The van der Waals surface area contributed by atoms with Crippen molar-refractivity contribution in [3.63, 3.8) is 0 Å². The molecule has 6 nitrogen and oxygen atoms in total. The summed E-state index contributed by atoms with van der Waals surface area (Å²) in [6, 6.07) is 9.59. The molecule has 2 aromatic heterocycles. The zero-order valence-electron chi connectivity index (χ0n) is 17.3. The van der Waals surface area contributed by atoms with Crippen LogP contribution in [0, 0.1) is 13.8 Å². The van der Waals surface area contributed by atoms with Crippen LogP contribution < -0.4 is 10.2 Å². The lowest BCUT2D eigenvalue weighted by Crippen LogP contribution is -2.38. The minimum absolute atomic E-state index is 0.0122. The van der Waals surface area contributed by atoms with Crippen LogP contribution in [-0.2, 0) is 22.2 Å². The van der Waals surface area contributed by atoms with E-state index in [1.807, 2.05) is 19.1 Å². The summed E-state index contributed by atoms with van der Waals surface area (Å²) in [4.78, 5) is 35.9. The van der Waals surface area contributed by atoms with Crippen LogP contribution in [0.5, 0.6) is 0 Å². The van der Waals surface area contributed by atoms with Crippen LogP contribution >= 0.6 is 0 Å². The van der Waals surface area contributed by atoms with Crippen molar-refractivity contribution in [3.05, 3.63) is 71.3 Å². The molecule has 2 amide bonds. The molecule has 0 spiro atoms. The van der Waals surface area contributed by atoms with Gasteiger partial charge in [0.05, 0.1) is 23.4 Å². The lowest BCUT2D eigenvalue weighted by Gasteiger charge is -2.22. The van der Waals surface area contributed by atoms with Gasteiger partial charge in [-0.3, -0.25) is 19.6 Å². The molecule has 1 aliphatic heterocycles. The van der Waals surface area contributed by atoms with E-state index in [4.69, 9.17) is 0 Å². The van der Waals surface area contributed by atoms with Crippen molar-refractivity contribution in [2.45, 2.75) is 26.4 Å². The molecule has 3 aromatic rings. The number of halogens is 3. The highest BCUT2D eigenvalue weighted by molar-refractivity contribution is 6.07. The summed E-state index contributed by atoms with van der Waals surface area (Å²) >= 11 is 0. The van der Waals surface area contributed by atoms with Crippen LogP contribution in [0.1, 0.15) is 22.6 Å². The molecule has 1 aliphatic rings. The zero-order chi connectivity index (χ0) is 23.0. The van der Waals surface area contributed by atoms with Crippen molar-refractivity contribution >= 4 is 23.2 Å². The Morgan fingerprint density at radius 2 is 1.78 bits per heavy atom. The molecule has 0 fully saturated rings. The number of rotatable bonds is 3. The molecule has 0 unspecified atom stereocenters. The van der Waals surface area contributed by atoms with Crippen LogP contribution in [0.15, 0.2) is 48.7 Å². The van der Waals surface area contributed by atoms with Crippen molar-refractivity contribution in [1.82, 2.24) is 9.97 Å². The molecule has 0 radical (unpaired) electrons. The Balaban J connectivity index is 1.62. The molecule has 0 atom stereocenters. The Morgan fingerprint density at radius 3 is 2.47 bits per heavy atom. The molecule has 4 rings (SSSR count). The van der Waals surface area contributed by atoms with Gasteiger partial charge >= 0.3 is 6.18 Å². The van der Waals surface area contributed by atoms with Crippen molar-refractivity contribution in [3.8, 4) is 11.1 Å². The number of carbonyl (C=O) groups excluding carboxylic acids is 2. The van der Waals surface area contributed by atoms with Gasteiger partial charge in [0.2, 0.25) is 11.8 Å². The molecule has 32 heavy (non-hydrogen) atoms. The van der Waals surface area contributed by atoms with Gasteiger partial charge in [-0.1, -0.05) is 6.07 Å². The number of amides is 2. The van der Waals surface area contributed by atoms with Gasteiger partial charge in [0.25, 0.3) is 0 Å². The number of nitrogens with zero attached hydrogens (tertiary/aromatic N) is 3. The Morgan fingerprint density at radius 1 is 1.06 bits per heavy atom. The van der Waals surface area contributed by atoms with Gasteiger partial charge in [0.15, 0.2) is 0 Å². The molecule has 3 heterocycles. The lowest BCUT2D eigenvalue weighted by atomic mass is 10.0. The third-order valence-corrected chi connectivity index (χ3v) is 5.13. The molecular formula is C23H19F3N4O2. The quantitative estimate of drug-likeness (QED) is 0.659. The number of pyridine rings is 2. The van der Waals surface area contributed by atoms with Crippen LogP contribution in [0.3, 0.4) is 0 Å². The van der Waals surface area contributed by atoms with E-state index in [1.165, 1.54) is 17.0 Å². The highest BCUT2D eigenvalue weighted by Gasteiger charge is 2.31. The lowest BCUT2D eigenvalue weighted by molar-refractivity contribution is -0.137. The highest BCUT2D eigenvalue weighted by atomic mass is 19.4. The summed E-state index contributed by atoms with van der Waals surface area (Å²) in [6.07, 6.45) is -2.80. The largest absolute Gasteiger partial charge is 0.416 e. The van der Waals surface area contributed by atoms with Gasteiger partial charge < -0.3 is 10.2 Å². The number of aryl methyl sites for hydroxylation is 2. The maximum Gasteiger partial charge on any atom is 0.416 e. The monoisotopic (exact) mass is 440 g/mol. The summed E-state index contributed by atoms with van der Waals surface area (Å²) in [5, 5.41) is 2.55.